The van der Waals surface area contributed by atoms with E-state index in [1.165, 1.54) is 25.2 Å². The zero-order chi connectivity index (χ0) is 14.5. The maximum Gasteiger partial charge on any atom is 0.142 e. The van der Waals surface area contributed by atoms with Crippen molar-refractivity contribution in [1.29, 1.82) is 0 Å². The van der Waals surface area contributed by atoms with Crippen molar-refractivity contribution in [2.45, 2.75) is 40.2 Å². The summed E-state index contributed by atoms with van der Waals surface area (Å²) in [5.74, 6) is 2.21. The fraction of sp³-hybridized carbons (Fsp3) is 0.750. The van der Waals surface area contributed by atoms with Crippen LogP contribution in [0.4, 0.5) is 0 Å². The highest BCUT2D eigenvalue weighted by atomic mass is 15.3. The lowest BCUT2D eigenvalue weighted by Gasteiger charge is -2.35. The second-order valence-corrected chi connectivity index (χ2v) is 6.56. The summed E-state index contributed by atoms with van der Waals surface area (Å²) < 4.78 is 0. The van der Waals surface area contributed by atoms with Crippen molar-refractivity contribution in [3.63, 3.8) is 0 Å². The van der Waals surface area contributed by atoms with E-state index in [-0.39, 0.29) is 0 Å². The lowest BCUT2D eigenvalue weighted by atomic mass is 10.1. The van der Waals surface area contributed by atoms with Crippen LogP contribution >= 0.6 is 0 Å². The molecule has 1 saturated heterocycles. The normalized spacial score (nSPS) is 18.1. The largest absolute Gasteiger partial charge is 0.301 e. The van der Waals surface area contributed by atoms with E-state index < -0.39 is 0 Å². The van der Waals surface area contributed by atoms with Crippen LogP contribution in [0.5, 0.6) is 0 Å². The third kappa shape index (κ3) is 4.53. The lowest BCUT2D eigenvalue weighted by Crippen LogP contribution is -2.47. The maximum absolute atomic E-state index is 4.50. The van der Waals surface area contributed by atoms with Crippen LogP contribution in [0.25, 0.3) is 0 Å². The van der Waals surface area contributed by atoms with Gasteiger partial charge in [0, 0.05) is 45.1 Å². The second-order valence-electron chi connectivity index (χ2n) is 6.56. The number of hydrogen-bond donors (Lipinski definition) is 0. The Hall–Kier alpha value is -1.00. The monoisotopic (exact) mass is 276 g/mol. The second kappa shape index (κ2) is 7.14. The van der Waals surface area contributed by atoms with Gasteiger partial charge in [0.25, 0.3) is 0 Å². The van der Waals surface area contributed by atoms with Crippen molar-refractivity contribution < 1.29 is 0 Å². The summed E-state index contributed by atoms with van der Waals surface area (Å²) in [6.07, 6.45) is 3.95. The van der Waals surface area contributed by atoms with Crippen molar-refractivity contribution >= 4 is 0 Å². The maximum atomic E-state index is 4.50. The molecule has 112 valence electrons. The zero-order valence-corrected chi connectivity index (χ0v) is 13.3. The molecule has 1 aromatic heterocycles. The van der Waals surface area contributed by atoms with Gasteiger partial charge in [-0.25, -0.2) is 9.97 Å². The minimum Gasteiger partial charge on any atom is -0.301 e. The van der Waals surface area contributed by atoms with Crippen molar-refractivity contribution in [3.8, 4) is 0 Å². The Morgan fingerprint density at radius 1 is 0.950 bits per heavy atom. The van der Waals surface area contributed by atoms with Gasteiger partial charge in [0.15, 0.2) is 0 Å². The van der Waals surface area contributed by atoms with Gasteiger partial charge < -0.3 is 4.90 Å². The van der Waals surface area contributed by atoms with Gasteiger partial charge >= 0.3 is 0 Å². The minimum absolute atomic E-state index is 0.503. The molecule has 0 unspecified atom stereocenters. The molecule has 0 radical (unpaired) electrons. The number of hydrogen-bond acceptors (Lipinski definition) is 4. The van der Waals surface area contributed by atoms with E-state index in [2.05, 4.69) is 47.5 Å². The summed E-state index contributed by atoms with van der Waals surface area (Å²) in [4.78, 5) is 14.0. The molecule has 0 N–H and O–H groups in total. The molecule has 20 heavy (non-hydrogen) atoms. The molecule has 1 aromatic rings. The van der Waals surface area contributed by atoms with E-state index in [1.54, 1.807) is 0 Å². The Balaban J connectivity index is 1.80. The van der Waals surface area contributed by atoms with Gasteiger partial charge in [-0.05, 0) is 17.4 Å². The van der Waals surface area contributed by atoms with E-state index in [9.17, 15) is 0 Å². The fourth-order valence-corrected chi connectivity index (χ4v) is 2.59. The third-order valence-corrected chi connectivity index (χ3v) is 3.85. The van der Waals surface area contributed by atoms with Gasteiger partial charge in [-0.2, -0.15) is 0 Å². The van der Waals surface area contributed by atoms with Gasteiger partial charge in [0.2, 0.25) is 0 Å². The van der Waals surface area contributed by atoms with Crippen LogP contribution in [0.3, 0.4) is 0 Å². The highest BCUT2D eigenvalue weighted by Gasteiger charge is 2.18. The zero-order valence-electron chi connectivity index (χ0n) is 13.3. The van der Waals surface area contributed by atoms with Crippen LogP contribution in [0.2, 0.25) is 0 Å². The first-order valence-electron chi connectivity index (χ1n) is 7.80. The van der Waals surface area contributed by atoms with E-state index >= 15 is 0 Å². The molecule has 0 bridgehead atoms. The molecule has 0 aliphatic carbocycles. The molecular formula is C16H28N4. The quantitative estimate of drug-likeness (QED) is 0.826. The minimum atomic E-state index is 0.503. The van der Waals surface area contributed by atoms with Crippen LogP contribution in [0, 0.1) is 5.92 Å². The molecule has 1 aliphatic heterocycles. The summed E-state index contributed by atoms with van der Waals surface area (Å²) in [6, 6.07) is 0. The Bertz CT molecular complexity index is 391. The predicted octanol–water partition coefficient (Wildman–Crippen LogP) is 2.37. The molecule has 0 spiro atoms. The van der Waals surface area contributed by atoms with Gasteiger partial charge in [-0.3, -0.25) is 4.90 Å². The highest BCUT2D eigenvalue weighted by Crippen LogP contribution is 2.12. The molecule has 2 rings (SSSR count). The molecule has 0 saturated carbocycles. The Labute approximate surface area is 123 Å². The molecular weight excluding hydrogens is 248 g/mol. The van der Waals surface area contributed by atoms with Crippen LogP contribution in [0.1, 0.15) is 45.0 Å². The van der Waals surface area contributed by atoms with E-state index in [0.717, 1.165) is 31.4 Å². The number of rotatable bonds is 5. The van der Waals surface area contributed by atoms with Crippen LogP contribution in [0.15, 0.2) is 12.4 Å². The first kappa shape index (κ1) is 15.4. The Kier molecular flexibility index (Phi) is 5.49. The number of aromatic nitrogens is 2. The van der Waals surface area contributed by atoms with E-state index in [0.29, 0.717) is 5.92 Å². The average molecular weight is 276 g/mol. The number of piperazine rings is 1. The smallest absolute Gasteiger partial charge is 0.142 e. The van der Waals surface area contributed by atoms with E-state index in [1.807, 2.05) is 12.4 Å². The SMILES string of the molecule is CC(C)CN1CCN(Cc2ncc(C(C)C)cn2)CC1. The Morgan fingerprint density at radius 2 is 1.50 bits per heavy atom. The van der Waals surface area contributed by atoms with Crippen LogP contribution in [-0.2, 0) is 6.54 Å². The van der Waals surface area contributed by atoms with Gasteiger partial charge in [-0.1, -0.05) is 27.7 Å². The predicted molar refractivity (Wildman–Crippen MR) is 82.7 cm³/mol. The molecule has 1 fully saturated rings. The van der Waals surface area contributed by atoms with Crippen LogP contribution in [-0.4, -0.2) is 52.5 Å². The van der Waals surface area contributed by atoms with Crippen LogP contribution < -0.4 is 0 Å². The first-order valence-corrected chi connectivity index (χ1v) is 7.80. The van der Waals surface area contributed by atoms with Gasteiger partial charge in [0.05, 0.1) is 6.54 Å². The van der Waals surface area contributed by atoms with Gasteiger partial charge in [-0.15, -0.1) is 0 Å². The summed E-state index contributed by atoms with van der Waals surface area (Å²) in [7, 11) is 0. The molecule has 4 heteroatoms. The molecule has 0 atom stereocenters. The molecule has 1 aliphatic rings. The third-order valence-electron chi connectivity index (χ3n) is 3.85. The Morgan fingerprint density at radius 3 is 2.00 bits per heavy atom. The average Bonchev–Trinajstić information content (AvgIpc) is 2.41. The standard InChI is InChI=1S/C16H28N4/c1-13(2)11-19-5-7-20(8-6-19)12-16-17-9-15(10-18-16)14(3)4/h9-10,13-14H,5-8,11-12H2,1-4H3. The lowest BCUT2D eigenvalue weighted by molar-refractivity contribution is 0.115. The van der Waals surface area contributed by atoms with Crippen molar-refractivity contribution in [2.24, 2.45) is 5.92 Å². The summed E-state index contributed by atoms with van der Waals surface area (Å²) in [5.41, 5.74) is 1.22. The summed E-state index contributed by atoms with van der Waals surface area (Å²) >= 11 is 0. The van der Waals surface area contributed by atoms with Crippen molar-refractivity contribution in [1.82, 2.24) is 19.8 Å². The fourth-order valence-electron chi connectivity index (χ4n) is 2.59. The summed E-state index contributed by atoms with van der Waals surface area (Å²) in [5, 5.41) is 0. The molecule has 0 aromatic carbocycles. The van der Waals surface area contributed by atoms with Crippen molar-refractivity contribution in [2.75, 3.05) is 32.7 Å². The van der Waals surface area contributed by atoms with E-state index in [4.69, 9.17) is 0 Å². The first-order chi connectivity index (χ1) is 9.54. The molecule has 0 amide bonds. The topological polar surface area (TPSA) is 32.3 Å². The van der Waals surface area contributed by atoms with Crippen molar-refractivity contribution in [3.05, 3.63) is 23.8 Å². The highest BCUT2D eigenvalue weighted by molar-refractivity contribution is 5.09. The molecule has 2 heterocycles. The molecule has 4 nitrogen and oxygen atoms in total. The number of nitrogens with zero attached hydrogens (tertiary/aromatic N) is 4. The summed E-state index contributed by atoms with van der Waals surface area (Å²) in [6.45, 7) is 15.6. The van der Waals surface area contributed by atoms with Gasteiger partial charge in [0.1, 0.15) is 5.82 Å².